The van der Waals surface area contributed by atoms with Crippen LogP contribution in [0, 0.1) is 5.92 Å². The zero-order valence-electron chi connectivity index (χ0n) is 15.0. The van der Waals surface area contributed by atoms with Crippen LogP contribution >= 0.6 is 0 Å². The smallest absolute Gasteiger partial charge is 0.400 e. The van der Waals surface area contributed by atoms with E-state index in [9.17, 15) is 0 Å². The zero-order chi connectivity index (χ0) is 16.5. The third kappa shape index (κ3) is 3.56. The largest absolute Gasteiger partial charge is 0.487 e. The lowest BCUT2D eigenvalue weighted by Crippen LogP contribution is -2.41. The third-order valence-electron chi connectivity index (χ3n) is 5.74. The van der Waals surface area contributed by atoms with Crippen molar-refractivity contribution in [3.05, 3.63) is 41.9 Å². The monoisotopic (exact) mass is 312 g/mol. The molecule has 2 aliphatic rings. The molecule has 1 aliphatic carbocycles. The van der Waals surface area contributed by atoms with Gasteiger partial charge in [-0.15, -0.1) is 0 Å². The van der Waals surface area contributed by atoms with Crippen molar-refractivity contribution >= 4 is 12.7 Å². The summed E-state index contributed by atoms with van der Waals surface area (Å²) in [5, 5.41) is 0. The quantitative estimate of drug-likeness (QED) is 0.707. The molecule has 0 amide bonds. The third-order valence-corrected chi connectivity index (χ3v) is 5.74. The molecule has 1 aliphatic heterocycles. The molecule has 1 heterocycles. The summed E-state index contributed by atoms with van der Waals surface area (Å²) in [6, 6.07) is 10.8. The maximum absolute atomic E-state index is 6.21. The second kappa shape index (κ2) is 6.45. The molecular formula is C20H29BO2. The fourth-order valence-electron chi connectivity index (χ4n) is 3.62. The van der Waals surface area contributed by atoms with E-state index >= 15 is 0 Å². The Kier molecular flexibility index (Phi) is 4.71. The van der Waals surface area contributed by atoms with Gasteiger partial charge in [-0.2, -0.15) is 0 Å². The minimum atomic E-state index is -0.275. The summed E-state index contributed by atoms with van der Waals surface area (Å²) in [7, 11) is -0.253. The Balaban J connectivity index is 1.89. The Labute approximate surface area is 141 Å². The van der Waals surface area contributed by atoms with Gasteiger partial charge in [0.2, 0.25) is 0 Å². The summed E-state index contributed by atoms with van der Waals surface area (Å²) in [6.07, 6.45) is 6.59. The van der Waals surface area contributed by atoms with E-state index in [4.69, 9.17) is 9.31 Å². The molecule has 124 valence electrons. The van der Waals surface area contributed by atoms with Crippen LogP contribution in [0.1, 0.15) is 65.4 Å². The van der Waals surface area contributed by atoms with Crippen LogP contribution < -0.4 is 0 Å². The molecular weight excluding hydrogens is 283 g/mol. The molecule has 2 fully saturated rings. The van der Waals surface area contributed by atoms with Crippen molar-refractivity contribution in [3.8, 4) is 0 Å². The first-order chi connectivity index (χ1) is 10.9. The predicted octanol–water partition coefficient (Wildman–Crippen LogP) is 5.28. The fraction of sp³-hybridized carbons (Fsp3) is 0.600. The lowest BCUT2D eigenvalue weighted by molar-refractivity contribution is 0.00578. The van der Waals surface area contributed by atoms with Gasteiger partial charge in [0.1, 0.15) is 0 Å². The summed E-state index contributed by atoms with van der Waals surface area (Å²) in [4.78, 5) is 0. The summed E-state index contributed by atoms with van der Waals surface area (Å²) in [5.74, 6) is 2.87. The van der Waals surface area contributed by atoms with Crippen LogP contribution in [-0.4, -0.2) is 18.3 Å². The molecule has 0 atom stereocenters. The molecule has 2 nitrogen and oxygen atoms in total. The Bertz CT molecular complexity index is 540. The van der Waals surface area contributed by atoms with E-state index in [0.29, 0.717) is 5.92 Å². The van der Waals surface area contributed by atoms with Gasteiger partial charge >= 0.3 is 7.12 Å². The minimum absolute atomic E-state index is 0.253. The van der Waals surface area contributed by atoms with Crippen LogP contribution in [0.4, 0.5) is 0 Å². The number of allylic oxidation sites excluding steroid dienone is 1. The van der Waals surface area contributed by atoms with E-state index < -0.39 is 0 Å². The summed E-state index contributed by atoms with van der Waals surface area (Å²) < 4.78 is 12.4. The van der Waals surface area contributed by atoms with Crippen LogP contribution in [0.15, 0.2) is 36.3 Å². The van der Waals surface area contributed by atoms with E-state index in [1.807, 2.05) is 0 Å². The lowest BCUT2D eigenvalue weighted by Gasteiger charge is -2.32. The Morgan fingerprint density at radius 1 is 0.957 bits per heavy atom. The van der Waals surface area contributed by atoms with Crippen molar-refractivity contribution in [2.45, 2.75) is 71.0 Å². The molecule has 0 radical (unpaired) electrons. The van der Waals surface area contributed by atoms with Gasteiger partial charge < -0.3 is 9.31 Å². The summed E-state index contributed by atoms with van der Waals surface area (Å²) in [6.45, 7) is 8.46. The van der Waals surface area contributed by atoms with E-state index in [1.54, 1.807) is 0 Å². The maximum atomic E-state index is 6.21. The molecule has 0 bridgehead atoms. The maximum Gasteiger partial charge on any atom is 0.487 e. The molecule has 3 heteroatoms. The van der Waals surface area contributed by atoms with Gasteiger partial charge in [-0.3, -0.25) is 0 Å². The molecule has 1 aromatic carbocycles. The van der Waals surface area contributed by atoms with Crippen molar-refractivity contribution in [1.82, 2.24) is 0 Å². The lowest BCUT2D eigenvalue weighted by atomic mass is 9.75. The SMILES string of the molecule is CC1(C)OB(/C=C(\c2ccccc2)C2CCCCC2)OC1(C)C. The van der Waals surface area contributed by atoms with Crippen LogP contribution in [-0.2, 0) is 9.31 Å². The highest BCUT2D eigenvalue weighted by atomic mass is 16.7. The molecule has 1 saturated heterocycles. The highest BCUT2D eigenvalue weighted by molar-refractivity contribution is 6.53. The number of rotatable bonds is 3. The summed E-state index contributed by atoms with van der Waals surface area (Å²) >= 11 is 0. The standard InChI is InChI=1S/C20H29BO2/c1-19(2)20(3,4)23-21(22-19)15-18(16-11-7-5-8-12-16)17-13-9-6-10-14-17/h5,7-8,11-12,15,17H,6,9-10,13-14H2,1-4H3/b18-15+. The van der Waals surface area contributed by atoms with Gasteiger partial charge in [0.05, 0.1) is 11.2 Å². The van der Waals surface area contributed by atoms with E-state index in [1.165, 1.54) is 43.2 Å². The molecule has 0 aromatic heterocycles. The normalized spacial score (nSPS) is 24.9. The van der Waals surface area contributed by atoms with Crippen molar-refractivity contribution in [1.29, 1.82) is 0 Å². The van der Waals surface area contributed by atoms with Crippen molar-refractivity contribution in [2.24, 2.45) is 5.92 Å². The van der Waals surface area contributed by atoms with Crippen LogP contribution in [0.25, 0.3) is 5.57 Å². The van der Waals surface area contributed by atoms with Gasteiger partial charge in [-0.25, -0.2) is 0 Å². The van der Waals surface area contributed by atoms with Gasteiger partial charge in [-0.1, -0.05) is 55.6 Å². The zero-order valence-corrected chi connectivity index (χ0v) is 15.0. The predicted molar refractivity (Wildman–Crippen MR) is 97.1 cm³/mol. The minimum Gasteiger partial charge on any atom is -0.400 e. The molecule has 1 saturated carbocycles. The van der Waals surface area contributed by atoms with Crippen LogP contribution in [0.5, 0.6) is 0 Å². The second-order valence-electron chi connectivity index (χ2n) is 7.95. The highest BCUT2D eigenvalue weighted by Crippen LogP contribution is 2.40. The van der Waals surface area contributed by atoms with Crippen molar-refractivity contribution < 1.29 is 9.31 Å². The molecule has 0 spiro atoms. The first-order valence-corrected chi connectivity index (χ1v) is 9.02. The first-order valence-electron chi connectivity index (χ1n) is 9.02. The van der Waals surface area contributed by atoms with Crippen molar-refractivity contribution in [3.63, 3.8) is 0 Å². The Morgan fingerprint density at radius 2 is 1.52 bits per heavy atom. The van der Waals surface area contributed by atoms with E-state index in [2.05, 4.69) is 64.0 Å². The number of hydrogen-bond donors (Lipinski definition) is 0. The van der Waals surface area contributed by atoms with Gasteiger partial charge in [0.25, 0.3) is 0 Å². The number of hydrogen-bond acceptors (Lipinski definition) is 2. The molecule has 0 N–H and O–H groups in total. The van der Waals surface area contributed by atoms with Gasteiger partial charge in [0, 0.05) is 0 Å². The first kappa shape index (κ1) is 16.8. The van der Waals surface area contributed by atoms with Gasteiger partial charge in [0.15, 0.2) is 0 Å². The molecule has 23 heavy (non-hydrogen) atoms. The Morgan fingerprint density at radius 3 is 2.09 bits per heavy atom. The summed E-state index contributed by atoms with van der Waals surface area (Å²) in [5.41, 5.74) is 2.17. The average molecular weight is 312 g/mol. The highest BCUT2D eigenvalue weighted by Gasteiger charge is 2.50. The molecule has 1 aromatic rings. The topological polar surface area (TPSA) is 18.5 Å². The Hall–Kier alpha value is -1.06. The number of benzene rings is 1. The van der Waals surface area contributed by atoms with Crippen molar-refractivity contribution in [2.75, 3.05) is 0 Å². The average Bonchev–Trinajstić information content (AvgIpc) is 2.74. The fourth-order valence-corrected chi connectivity index (χ4v) is 3.62. The molecule has 3 rings (SSSR count). The van der Waals surface area contributed by atoms with Crippen LogP contribution in [0.2, 0.25) is 0 Å². The second-order valence-corrected chi connectivity index (χ2v) is 7.95. The van der Waals surface area contributed by atoms with Gasteiger partial charge in [-0.05, 0) is 57.6 Å². The van der Waals surface area contributed by atoms with E-state index in [0.717, 1.165) is 0 Å². The van der Waals surface area contributed by atoms with E-state index in [-0.39, 0.29) is 18.3 Å². The molecule has 0 unspecified atom stereocenters. The van der Waals surface area contributed by atoms with Crippen LogP contribution in [0.3, 0.4) is 0 Å².